The van der Waals surface area contributed by atoms with E-state index in [4.69, 9.17) is 5.73 Å². The average Bonchev–Trinajstić information content (AvgIpc) is 2.40. The molecule has 0 radical (unpaired) electrons. The Bertz CT molecular complexity index is 450. The lowest BCUT2D eigenvalue weighted by Crippen LogP contribution is -2.11. The minimum Gasteiger partial charge on any atom is -0.320 e. The number of hydrogen-bond acceptors (Lipinski definition) is 2. The third-order valence-corrected chi connectivity index (χ3v) is 3.60. The molecule has 1 unspecified atom stereocenters. The Morgan fingerprint density at radius 1 is 0.941 bits per heavy atom. The van der Waals surface area contributed by atoms with Crippen LogP contribution in [0.1, 0.15) is 24.1 Å². The molecule has 0 saturated heterocycles. The van der Waals surface area contributed by atoms with Crippen LogP contribution in [-0.2, 0) is 0 Å². The zero-order valence-electron chi connectivity index (χ0n) is 9.97. The molecule has 0 bridgehead atoms. The van der Waals surface area contributed by atoms with Gasteiger partial charge in [-0.3, -0.25) is 0 Å². The number of benzene rings is 2. The maximum atomic E-state index is 6.23. The normalized spacial score (nSPS) is 12.4. The van der Waals surface area contributed by atoms with Gasteiger partial charge in [0.1, 0.15) is 0 Å². The van der Waals surface area contributed by atoms with Crippen molar-refractivity contribution in [3.8, 4) is 0 Å². The van der Waals surface area contributed by atoms with Gasteiger partial charge in [-0.05, 0) is 29.0 Å². The fourth-order valence-electron chi connectivity index (χ4n) is 1.79. The number of thioether (sulfide) groups is 1. The molecular formula is C15H17NS. The van der Waals surface area contributed by atoms with Crippen LogP contribution in [0.25, 0.3) is 0 Å². The van der Waals surface area contributed by atoms with Crippen LogP contribution < -0.4 is 5.73 Å². The zero-order chi connectivity index (χ0) is 12.1. The lowest BCUT2D eigenvalue weighted by atomic mass is 10.00. The Morgan fingerprint density at radius 2 is 1.53 bits per heavy atom. The van der Waals surface area contributed by atoms with Gasteiger partial charge in [-0.15, -0.1) is 11.8 Å². The number of rotatable bonds is 4. The Morgan fingerprint density at radius 3 is 2.12 bits per heavy atom. The molecular weight excluding hydrogens is 226 g/mol. The molecule has 1 nitrogen and oxygen atoms in total. The van der Waals surface area contributed by atoms with Crippen LogP contribution in [0.3, 0.4) is 0 Å². The highest BCUT2D eigenvalue weighted by molar-refractivity contribution is 7.99. The number of nitrogens with two attached hydrogens (primary N) is 1. The van der Waals surface area contributed by atoms with Crippen molar-refractivity contribution in [2.24, 2.45) is 5.73 Å². The van der Waals surface area contributed by atoms with E-state index < -0.39 is 0 Å². The van der Waals surface area contributed by atoms with Gasteiger partial charge in [-0.1, -0.05) is 49.4 Å². The molecule has 2 aromatic rings. The van der Waals surface area contributed by atoms with Crippen molar-refractivity contribution < 1.29 is 0 Å². The Balaban J connectivity index is 2.17. The first kappa shape index (κ1) is 12.2. The Labute approximate surface area is 107 Å². The summed E-state index contributed by atoms with van der Waals surface area (Å²) in [4.78, 5) is 1.30. The van der Waals surface area contributed by atoms with E-state index in [0.717, 1.165) is 16.9 Å². The summed E-state index contributed by atoms with van der Waals surface area (Å²) in [6.07, 6.45) is 0. The maximum absolute atomic E-state index is 6.23. The van der Waals surface area contributed by atoms with Gasteiger partial charge in [0.15, 0.2) is 0 Å². The largest absolute Gasteiger partial charge is 0.320 e. The summed E-state index contributed by atoms with van der Waals surface area (Å²) in [6.45, 7) is 2.16. The molecule has 2 heteroatoms. The summed E-state index contributed by atoms with van der Waals surface area (Å²) in [5.41, 5.74) is 8.55. The van der Waals surface area contributed by atoms with Gasteiger partial charge in [0.2, 0.25) is 0 Å². The van der Waals surface area contributed by atoms with Crippen LogP contribution >= 0.6 is 11.8 Å². The highest BCUT2D eigenvalue weighted by atomic mass is 32.2. The molecule has 0 saturated carbocycles. The highest BCUT2D eigenvalue weighted by Gasteiger charge is 2.07. The van der Waals surface area contributed by atoms with E-state index in [1.54, 1.807) is 0 Å². The molecule has 1 atom stereocenters. The van der Waals surface area contributed by atoms with E-state index in [-0.39, 0.29) is 6.04 Å². The zero-order valence-corrected chi connectivity index (χ0v) is 10.8. The SMILES string of the molecule is CCSc1ccc(C(N)c2ccccc2)cc1. The number of hydrogen-bond donors (Lipinski definition) is 1. The Kier molecular flexibility index (Phi) is 4.24. The molecule has 0 aliphatic carbocycles. The van der Waals surface area contributed by atoms with E-state index in [0.29, 0.717) is 0 Å². The lowest BCUT2D eigenvalue weighted by Gasteiger charge is -2.12. The van der Waals surface area contributed by atoms with Crippen LogP contribution in [0.2, 0.25) is 0 Å². The summed E-state index contributed by atoms with van der Waals surface area (Å²) in [5.74, 6) is 1.10. The van der Waals surface area contributed by atoms with Gasteiger partial charge < -0.3 is 5.73 Å². The van der Waals surface area contributed by atoms with Crippen molar-refractivity contribution >= 4 is 11.8 Å². The lowest BCUT2D eigenvalue weighted by molar-refractivity contribution is 0.870. The minimum absolute atomic E-state index is 0.0307. The predicted molar refractivity (Wildman–Crippen MR) is 75.3 cm³/mol. The van der Waals surface area contributed by atoms with Crippen molar-refractivity contribution in [2.45, 2.75) is 17.9 Å². The molecule has 0 aromatic heterocycles. The first-order valence-corrected chi connectivity index (χ1v) is 6.83. The van der Waals surface area contributed by atoms with Crippen molar-refractivity contribution in [2.75, 3.05) is 5.75 Å². The van der Waals surface area contributed by atoms with Gasteiger partial charge in [0, 0.05) is 4.90 Å². The second kappa shape index (κ2) is 5.89. The molecule has 88 valence electrons. The Hall–Kier alpha value is -1.25. The second-order valence-corrected chi connectivity index (χ2v) is 5.23. The van der Waals surface area contributed by atoms with Crippen LogP contribution in [0.5, 0.6) is 0 Å². The third kappa shape index (κ3) is 3.11. The molecule has 0 heterocycles. The third-order valence-electron chi connectivity index (χ3n) is 2.71. The molecule has 0 aliphatic rings. The van der Waals surface area contributed by atoms with E-state index >= 15 is 0 Å². The van der Waals surface area contributed by atoms with Crippen molar-refractivity contribution in [1.82, 2.24) is 0 Å². The van der Waals surface area contributed by atoms with Gasteiger partial charge in [-0.25, -0.2) is 0 Å². The van der Waals surface area contributed by atoms with E-state index in [1.165, 1.54) is 4.90 Å². The summed E-state index contributed by atoms with van der Waals surface area (Å²) >= 11 is 1.85. The topological polar surface area (TPSA) is 26.0 Å². The summed E-state index contributed by atoms with van der Waals surface area (Å²) in [5, 5.41) is 0. The van der Waals surface area contributed by atoms with Gasteiger partial charge in [0.25, 0.3) is 0 Å². The van der Waals surface area contributed by atoms with Crippen LogP contribution in [0, 0.1) is 0 Å². The minimum atomic E-state index is -0.0307. The van der Waals surface area contributed by atoms with E-state index in [9.17, 15) is 0 Å². The summed E-state index contributed by atoms with van der Waals surface area (Å²) in [6, 6.07) is 18.7. The van der Waals surface area contributed by atoms with Crippen molar-refractivity contribution in [3.63, 3.8) is 0 Å². The fraction of sp³-hybridized carbons (Fsp3) is 0.200. The monoisotopic (exact) mass is 243 g/mol. The molecule has 2 rings (SSSR count). The highest BCUT2D eigenvalue weighted by Crippen LogP contribution is 2.23. The first-order valence-electron chi connectivity index (χ1n) is 5.84. The van der Waals surface area contributed by atoms with Crippen LogP contribution in [0.15, 0.2) is 59.5 Å². The first-order chi connectivity index (χ1) is 8.31. The average molecular weight is 243 g/mol. The molecule has 17 heavy (non-hydrogen) atoms. The predicted octanol–water partition coefficient (Wildman–Crippen LogP) is 3.85. The van der Waals surface area contributed by atoms with Gasteiger partial charge >= 0.3 is 0 Å². The maximum Gasteiger partial charge on any atom is 0.0551 e. The van der Waals surface area contributed by atoms with Crippen molar-refractivity contribution in [1.29, 1.82) is 0 Å². The standard InChI is InChI=1S/C15H17NS/c1-2-17-14-10-8-13(9-11-14)15(16)12-6-4-3-5-7-12/h3-11,15H,2,16H2,1H3. The van der Waals surface area contributed by atoms with Crippen LogP contribution in [-0.4, -0.2) is 5.75 Å². The summed E-state index contributed by atoms with van der Waals surface area (Å²) < 4.78 is 0. The quantitative estimate of drug-likeness (QED) is 0.825. The molecule has 0 fully saturated rings. The van der Waals surface area contributed by atoms with Gasteiger partial charge in [-0.2, -0.15) is 0 Å². The molecule has 2 N–H and O–H groups in total. The molecule has 0 spiro atoms. The van der Waals surface area contributed by atoms with Crippen LogP contribution in [0.4, 0.5) is 0 Å². The van der Waals surface area contributed by atoms with Gasteiger partial charge in [0.05, 0.1) is 6.04 Å². The molecule has 0 amide bonds. The fourth-order valence-corrected chi connectivity index (χ4v) is 2.45. The van der Waals surface area contributed by atoms with E-state index in [2.05, 4.69) is 43.3 Å². The summed E-state index contributed by atoms with van der Waals surface area (Å²) in [7, 11) is 0. The second-order valence-electron chi connectivity index (χ2n) is 3.89. The van der Waals surface area contributed by atoms with Crippen molar-refractivity contribution in [3.05, 3.63) is 65.7 Å². The molecule has 2 aromatic carbocycles. The smallest absolute Gasteiger partial charge is 0.0551 e. The molecule has 0 aliphatic heterocycles. The van der Waals surface area contributed by atoms with E-state index in [1.807, 2.05) is 30.0 Å².